The fraction of sp³-hybridized carbons (Fsp3) is 0.800. The number of carboxylic acid groups (broad SMARTS) is 1. The molecule has 0 bridgehead atoms. The van der Waals surface area contributed by atoms with Gasteiger partial charge in [-0.25, -0.2) is 4.39 Å². The normalized spacial score (nSPS) is 31.3. The second kappa shape index (κ2) is 3.73. The van der Waals surface area contributed by atoms with Gasteiger partial charge in [-0.15, -0.1) is 12.4 Å². The van der Waals surface area contributed by atoms with Crippen molar-refractivity contribution in [2.75, 3.05) is 6.54 Å². The highest BCUT2D eigenvalue weighted by molar-refractivity contribution is 5.85. The van der Waals surface area contributed by atoms with Gasteiger partial charge in [-0.2, -0.15) is 0 Å². The number of rotatable bonds is 1. The van der Waals surface area contributed by atoms with E-state index in [1.165, 1.54) is 0 Å². The number of hydrogen-bond donors (Lipinski definition) is 2. The molecule has 0 aromatic heterocycles. The van der Waals surface area contributed by atoms with Crippen molar-refractivity contribution in [1.82, 2.24) is 5.32 Å². The quantitative estimate of drug-likeness (QED) is 0.589. The number of hydrogen-bond acceptors (Lipinski definition) is 2. The lowest BCUT2D eigenvalue weighted by Crippen LogP contribution is -2.36. The largest absolute Gasteiger partial charge is 0.480 e. The highest BCUT2D eigenvalue weighted by Gasteiger charge is 2.32. The zero-order valence-electron chi connectivity index (χ0n) is 5.21. The van der Waals surface area contributed by atoms with Crippen LogP contribution in [0.5, 0.6) is 0 Å². The highest BCUT2D eigenvalue weighted by atomic mass is 35.5. The van der Waals surface area contributed by atoms with Gasteiger partial charge in [0.2, 0.25) is 0 Å². The summed E-state index contributed by atoms with van der Waals surface area (Å²) in [5, 5.41) is 10.8. The van der Waals surface area contributed by atoms with E-state index in [-0.39, 0.29) is 12.4 Å². The summed E-state index contributed by atoms with van der Waals surface area (Å²) in [6.07, 6.45) is -0.890. The Morgan fingerprint density at radius 1 is 1.70 bits per heavy atom. The van der Waals surface area contributed by atoms with Crippen LogP contribution in [0.3, 0.4) is 0 Å². The van der Waals surface area contributed by atoms with Crippen molar-refractivity contribution in [3.63, 3.8) is 0 Å². The Balaban J connectivity index is 0.000000810. The predicted molar refractivity (Wildman–Crippen MR) is 36.2 cm³/mol. The second-order valence-electron chi connectivity index (χ2n) is 2.07. The van der Waals surface area contributed by atoms with Gasteiger partial charge in [0, 0.05) is 0 Å². The monoisotopic (exact) mass is 169 g/mol. The smallest absolute Gasteiger partial charge is 0.323 e. The van der Waals surface area contributed by atoms with Crippen LogP contribution in [0.25, 0.3) is 0 Å². The summed E-state index contributed by atoms with van der Waals surface area (Å²) < 4.78 is 12.4. The summed E-state index contributed by atoms with van der Waals surface area (Å²) in [7, 11) is 0. The Morgan fingerprint density at radius 2 is 2.30 bits per heavy atom. The van der Waals surface area contributed by atoms with Gasteiger partial charge in [-0.05, 0) is 13.0 Å². The van der Waals surface area contributed by atoms with E-state index in [1.54, 1.807) is 0 Å². The minimum absolute atomic E-state index is 0. The molecule has 2 N–H and O–H groups in total. The lowest BCUT2D eigenvalue weighted by Gasteiger charge is -2.04. The van der Waals surface area contributed by atoms with Gasteiger partial charge in [0.25, 0.3) is 0 Å². The zero-order valence-corrected chi connectivity index (χ0v) is 6.03. The maximum Gasteiger partial charge on any atom is 0.323 e. The van der Waals surface area contributed by atoms with Crippen molar-refractivity contribution in [2.24, 2.45) is 0 Å². The maximum absolute atomic E-state index is 12.4. The van der Waals surface area contributed by atoms with Crippen LogP contribution < -0.4 is 5.32 Å². The van der Waals surface area contributed by atoms with Gasteiger partial charge in [-0.3, -0.25) is 4.79 Å². The third kappa shape index (κ3) is 1.82. The Labute approximate surface area is 64.0 Å². The maximum atomic E-state index is 12.4. The van der Waals surface area contributed by atoms with Crippen LogP contribution in [0.2, 0.25) is 0 Å². The molecular weight excluding hydrogens is 161 g/mol. The van der Waals surface area contributed by atoms with Crippen LogP contribution in [0.15, 0.2) is 0 Å². The third-order valence-corrected chi connectivity index (χ3v) is 1.41. The fourth-order valence-corrected chi connectivity index (χ4v) is 0.913. The number of aliphatic carboxylic acids is 1. The molecule has 1 aliphatic heterocycles. The molecule has 2 atom stereocenters. The van der Waals surface area contributed by atoms with Gasteiger partial charge in [-0.1, -0.05) is 0 Å². The fourth-order valence-electron chi connectivity index (χ4n) is 0.913. The van der Waals surface area contributed by atoms with Crippen molar-refractivity contribution in [3.8, 4) is 0 Å². The summed E-state index contributed by atoms with van der Waals surface area (Å²) in [6.45, 7) is 0.470. The lowest BCUT2D eigenvalue weighted by molar-refractivity contribution is -0.140. The van der Waals surface area contributed by atoms with E-state index in [0.29, 0.717) is 13.0 Å². The van der Waals surface area contributed by atoms with Crippen molar-refractivity contribution < 1.29 is 14.3 Å². The van der Waals surface area contributed by atoms with Crippen molar-refractivity contribution in [1.29, 1.82) is 0 Å². The van der Waals surface area contributed by atoms with Crippen molar-refractivity contribution in [3.05, 3.63) is 0 Å². The molecule has 5 heteroatoms. The first-order valence-corrected chi connectivity index (χ1v) is 2.82. The molecule has 0 spiro atoms. The molecule has 1 saturated heterocycles. The number of carbonyl (C=O) groups is 1. The molecule has 3 nitrogen and oxygen atoms in total. The first-order valence-electron chi connectivity index (χ1n) is 2.82. The molecule has 60 valence electrons. The first kappa shape index (κ1) is 9.65. The molecule has 1 fully saturated rings. The van der Waals surface area contributed by atoms with Crippen LogP contribution in [-0.4, -0.2) is 29.8 Å². The van der Waals surface area contributed by atoms with Crippen molar-refractivity contribution in [2.45, 2.75) is 18.6 Å². The van der Waals surface area contributed by atoms with Gasteiger partial charge < -0.3 is 10.4 Å². The number of carboxylic acids is 1. The molecule has 1 unspecified atom stereocenters. The summed E-state index contributed by atoms with van der Waals surface area (Å²) in [6, 6.07) is -0.968. The van der Waals surface area contributed by atoms with E-state index in [9.17, 15) is 9.18 Å². The van der Waals surface area contributed by atoms with Gasteiger partial charge in [0.1, 0.15) is 12.2 Å². The third-order valence-electron chi connectivity index (χ3n) is 1.41. The molecule has 0 aliphatic carbocycles. The van der Waals surface area contributed by atoms with Crippen LogP contribution in [0, 0.1) is 0 Å². The molecule has 0 aromatic rings. The molecule has 10 heavy (non-hydrogen) atoms. The number of halogens is 2. The zero-order chi connectivity index (χ0) is 6.85. The summed E-state index contributed by atoms with van der Waals surface area (Å²) in [5.74, 6) is -1.10. The molecule has 1 rings (SSSR count). The first-order chi connectivity index (χ1) is 4.22. The van der Waals surface area contributed by atoms with Crippen LogP contribution in [0.1, 0.15) is 6.42 Å². The number of nitrogens with one attached hydrogen (secondary N) is 1. The van der Waals surface area contributed by atoms with Gasteiger partial charge >= 0.3 is 5.97 Å². The average Bonchev–Trinajstić information content (AvgIpc) is 2.13. The van der Waals surface area contributed by atoms with E-state index in [4.69, 9.17) is 5.11 Å². The van der Waals surface area contributed by atoms with E-state index in [1.807, 2.05) is 0 Å². The topological polar surface area (TPSA) is 49.3 Å². The van der Waals surface area contributed by atoms with E-state index < -0.39 is 18.2 Å². The van der Waals surface area contributed by atoms with E-state index in [0.717, 1.165) is 0 Å². The van der Waals surface area contributed by atoms with Gasteiger partial charge in [0.15, 0.2) is 0 Å². The molecule has 1 aliphatic rings. The molecule has 0 amide bonds. The second-order valence-corrected chi connectivity index (χ2v) is 2.07. The molecule has 0 radical (unpaired) electrons. The molecule has 0 aromatic carbocycles. The molecular formula is C5H9ClFNO2. The summed E-state index contributed by atoms with van der Waals surface area (Å²) in [5.41, 5.74) is 0. The predicted octanol–water partition coefficient (Wildman–Crippen LogP) is 0.193. The highest BCUT2D eigenvalue weighted by Crippen LogP contribution is 2.10. The standard InChI is InChI=1S/C5H8FNO2.ClH/c6-3-1-2-7-4(3)5(8)9;/h3-4,7H,1-2H2,(H,8,9);1H/t3-,4?;/m0./s1. The Bertz CT molecular complexity index is 133. The summed E-state index contributed by atoms with van der Waals surface area (Å²) >= 11 is 0. The Morgan fingerprint density at radius 3 is 2.50 bits per heavy atom. The summed E-state index contributed by atoms with van der Waals surface area (Å²) in [4.78, 5) is 10.1. The average molecular weight is 170 g/mol. The Kier molecular flexibility index (Phi) is 3.60. The molecule has 0 saturated carbocycles. The Hall–Kier alpha value is -0.350. The minimum atomic E-state index is -1.21. The van der Waals surface area contributed by atoms with E-state index >= 15 is 0 Å². The number of alkyl halides is 1. The molecule has 1 heterocycles. The van der Waals surface area contributed by atoms with Crippen LogP contribution in [0.4, 0.5) is 4.39 Å². The van der Waals surface area contributed by atoms with E-state index in [2.05, 4.69) is 5.32 Å². The van der Waals surface area contributed by atoms with Crippen LogP contribution in [-0.2, 0) is 4.79 Å². The van der Waals surface area contributed by atoms with Crippen molar-refractivity contribution >= 4 is 18.4 Å². The van der Waals surface area contributed by atoms with Crippen LogP contribution >= 0.6 is 12.4 Å². The SMILES string of the molecule is Cl.O=C(O)C1NCC[C@@H]1F. The minimum Gasteiger partial charge on any atom is -0.480 e. The lowest BCUT2D eigenvalue weighted by atomic mass is 10.2. The van der Waals surface area contributed by atoms with Gasteiger partial charge in [0.05, 0.1) is 0 Å².